The Hall–Kier alpha value is -1.47. The topological polar surface area (TPSA) is 78.4 Å². The average molecular weight is 291 g/mol. The van der Waals surface area contributed by atoms with Crippen LogP contribution in [0.5, 0.6) is 0 Å². The van der Waals surface area contributed by atoms with E-state index in [0.29, 0.717) is 25.3 Å². The summed E-state index contributed by atoms with van der Waals surface area (Å²) in [6.07, 6.45) is 2.42. The van der Waals surface area contributed by atoms with Gasteiger partial charge in [0.25, 0.3) is 0 Å². The summed E-state index contributed by atoms with van der Waals surface area (Å²) in [4.78, 5) is 20.3. The first-order valence-electron chi connectivity index (χ1n) is 5.83. The van der Waals surface area contributed by atoms with Gasteiger partial charge in [-0.05, 0) is 13.0 Å². The lowest BCUT2D eigenvalue weighted by Gasteiger charge is -2.26. The number of amides is 1. The zero-order valence-electron chi connectivity index (χ0n) is 10.3. The van der Waals surface area contributed by atoms with E-state index in [0.717, 1.165) is 25.4 Å². The summed E-state index contributed by atoms with van der Waals surface area (Å²) in [5, 5.41) is 12.3. The van der Waals surface area contributed by atoms with Crippen molar-refractivity contribution in [2.45, 2.75) is 18.9 Å². The number of nitrogens with zero attached hydrogens (tertiary/aromatic N) is 3. The number of hydrogen-bond acceptors (Lipinski definition) is 4. The molecule has 0 aromatic carbocycles. The zero-order chi connectivity index (χ0) is 13.0. The van der Waals surface area contributed by atoms with Gasteiger partial charge in [-0.3, -0.25) is 0 Å². The van der Waals surface area contributed by atoms with Crippen molar-refractivity contribution in [3.05, 3.63) is 24.0 Å². The molecule has 106 valence electrons. The number of carbonyl (C=O) groups is 1. The SMILES string of the molecule is Cl.O=C(O)N1CCCNCC1Cc1ncc(F)cn1. The number of carboxylic acid groups (broad SMARTS) is 1. The molecule has 2 heterocycles. The minimum atomic E-state index is -0.939. The van der Waals surface area contributed by atoms with Crippen LogP contribution in [0.2, 0.25) is 0 Å². The van der Waals surface area contributed by atoms with E-state index in [9.17, 15) is 9.18 Å². The maximum absolute atomic E-state index is 12.7. The standard InChI is InChI=1S/C11H15FN4O2.ClH/c12-8-5-14-10(15-6-8)4-9-7-13-2-1-3-16(9)11(17)18;/h5-6,9,13H,1-4,7H2,(H,17,18);1H. The number of hydrogen-bond donors (Lipinski definition) is 2. The highest BCUT2D eigenvalue weighted by Gasteiger charge is 2.25. The van der Waals surface area contributed by atoms with Crippen LogP contribution in [0.4, 0.5) is 9.18 Å². The fraction of sp³-hybridized carbons (Fsp3) is 0.545. The smallest absolute Gasteiger partial charge is 0.407 e. The molecule has 2 rings (SSSR count). The quantitative estimate of drug-likeness (QED) is 0.847. The molecular weight excluding hydrogens is 275 g/mol. The molecule has 1 amide bonds. The molecule has 1 atom stereocenters. The lowest BCUT2D eigenvalue weighted by Crippen LogP contribution is -2.44. The molecule has 0 aliphatic carbocycles. The van der Waals surface area contributed by atoms with E-state index in [1.165, 1.54) is 4.90 Å². The summed E-state index contributed by atoms with van der Waals surface area (Å²) in [5.74, 6) is -0.0378. The van der Waals surface area contributed by atoms with Crippen LogP contribution >= 0.6 is 12.4 Å². The van der Waals surface area contributed by atoms with Crippen LogP contribution in [-0.4, -0.2) is 51.7 Å². The van der Waals surface area contributed by atoms with Crippen molar-refractivity contribution in [2.24, 2.45) is 0 Å². The van der Waals surface area contributed by atoms with E-state index in [2.05, 4.69) is 15.3 Å². The molecule has 0 bridgehead atoms. The molecule has 2 N–H and O–H groups in total. The summed E-state index contributed by atoms with van der Waals surface area (Å²) in [5.41, 5.74) is 0. The van der Waals surface area contributed by atoms with E-state index >= 15 is 0 Å². The molecule has 8 heteroatoms. The molecule has 1 aromatic heterocycles. The predicted molar refractivity (Wildman–Crippen MR) is 68.9 cm³/mol. The van der Waals surface area contributed by atoms with Gasteiger partial charge < -0.3 is 15.3 Å². The third kappa shape index (κ3) is 4.29. The van der Waals surface area contributed by atoms with Crippen LogP contribution in [0.3, 0.4) is 0 Å². The van der Waals surface area contributed by atoms with Gasteiger partial charge in [0.05, 0.1) is 18.4 Å². The normalized spacial score (nSPS) is 19.4. The summed E-state index contributed by atoms with van der Waals surface area (Å²) in [6, 6.07) is -0.213. The Bertz CT molecular complexity index is 418. The van der Waals surface area contributed by atoms with Gasteiger partial charge in [-0.1, -0.05) is 0 Å². The van der Waals surface area contributed by atoms with Crippen LogP contribution in [-0.2, 0) is 6.42 Å². The Kier molecular flexibility index (Phi) is 5.91. The fourth-order valence-electron chi connectivity index (χ4n) is 2.03. The van der Waals surface area contributed by atoms with Gasteiger partial charge in [0.2, 0.25) is 0 Å². The highest BCUT2D eigenvalue weighted by molar-refractivity contribution is 5.85. The second-order valence-corrected chi connectivity index (χ2v) is 4.21. The number of halogens is 2. The Labute approximate surface area is 116 Å². The lowest BCUT2D eigenvalue weighted by molar-refractivity contribution is 0.127. The van der Waals surface area contributed by atoms with Crippen LogP contribution in [0.15, 0.2) is 12.4 Å². The van der Waals surface area contributed by atoms with Crippen LogP contribution in [0, 0.1) is 5.82 Å². The van der Waals surface area contributed by atoms with Gasteiger partial charge >= 0.3 is 6.09 Å². The second-order valence-electron chi connectivity index (χ2n) is 4.21. The van der Waals surface area contributed by atoms with Gasteiger partial charge in [0.15, 0.2) is 5.82 Å². The molecule has 6 nitrogen and oxygen atoms in total. The summed E-state index contributed by atoms with van der Waals surface area (Å²) < 4.78 is 12.7. The number of nitrogens with one attached hydrogen (secondary N) is 1. The lowest BCUT2D eigenvalue weighted by atomic mass is 10.1. The maximum Gasteiger partial charge on any atom is 0.407 e. The van der Waals surface area contributed by atoms with Crippen LogP contribution in [0.25, 0.3) is 0 Å². The van der Waals surface area contributed by atoms with Crippen LogP contribution in [0.1, 0.15) is 12.2 Å². The Morgan fingerprint density at radius 1 is 1.53 bits per heavy atom. The Morgan fingerprint density at radius 3 is 2.84 bits per heavy atom. The molecule has 1 aromatic rings. The third-order valence-corrected chi connectivity index (χ3v) is 2.91. The fourth-order valence-corrected chi connectivity index (χ4v) is 2.03. The minimum absolute atomic E-state index is 0. The molecule has 1 aliphatic rings. The molecule has 0 saturated carbocycles. The van der Waals surface area contributed by atoms with E-state index in [1.807, 2.05) is 0 Å². The van der Waals surface area contributed by atoms with E-state index in [-0.39, 0.29) is 18.4 Å². The minimum Gasteiger partial charge on any atom is -0.465 e. The van der Waals surface area contributed by atoms with E-state index < -0.39 is 11.9 Å². The van der Waals surface area contributed by atoms with Gasteiger partial charge in [-0.25, -0.2) is 19.2 Å². The highest BCUT2D eigenvalue weighted by Crippen LogP contribution is 2.09. The molecule has 0 radical (unpaired) electrons. The molecular formula is C11H16ClFN4O2. The van der Waals surface area contributed by atoms with Crippen molar-refractivity contribution in [1.29, 1.82) is 0 Å². The van der Waals surface area contributed by atoms with Gasteiger partial charge in [0, 0.05) is 19.5 Å². The number of rotatable bonds is 2. The summed E-state index contributed by atoms with van der Waals surface area (Å²) >= 11 is 0. The second kappa shape index (κ2) is 7.20. The zero-order valence-corrected chi connectivity index (χ0v) is 11.1. The summed E-state index contributed by atoms with van der Waals surface area (Å²) in [6.45, 7) is 1.85. The monoisotopic (exact) mass is 290 g/mol. The summed E-state index contributed by atoms with van der Waals surface area (Å²) in [7, 11) is 0. The van der Waals surface area contributed by atoms with Gasteiger partial charge in [-0.15, -0.1) is 12.4 Å². The van der Waals surface area contributed by atoms with Gasteiger partial charge in [0.1, 0.15) is 5.82 Å². The van der Waals surface area contributed by atoms with E-state index in [1.54, 1.807) is 0 Å². The third-order valence-electron chi connectivity index (χ3n) is 2.91. The highest BCUT2D eigenvalue weighted by atomic mass is 35.5. The van der Waals surface area contributed by atoms with Crippen molar-refractivity contribution in [2.75, 3.05) is 19.6 Å². The van der Waals surface area contributed by atoms with Crippen molar-refractivity contribution >= 4 is 18.5 Å². The average Bonchev–Trinajstić information content (AvgIpc) is 2.57. The van der Waals surface area contributed by atoms with E-state index in [4.69, 9.17) is 5.11 Å². The molecule has 1 fully saturated rings. The molecule has 19 heavy (non-hydrogen) atoms. The van der Waals surface area contributed by atoms with Crippen molar-refractivity contribution < 1.29 is 14.3 Å². The predicted octanol–water partition coefficient (Wildman–Crippen LogP) is 0.922. The van der Waals surface area contributed by atoms with Crippen LogP contribution < -0.4 is 5.32 Å². The molecule has 1 aliphatic heterocycles. The van der Waals surface area contributed by atoms with Crippen molar-refractivity contribution in [3.63, 3.8) is 0 Å². The van der Waals surface area contributed by atoms with Gasteiger partial charge in [-0.2, -0.15) is 0 Å². The molecule has 1 saturated heterocycles. The first-order valence-corrected chi connectivity index (χ1v) is 5.83. The van der Waals surface area contributed by atoms with Crippen molar-refractivity contribution in [1.82, 2.24) is 20.2 Å². The first kappa shape index (κ1) is 15.6. The molecule has 1 unspecified atom stereocenters. The first-order chi connectivity index (χ1) is 8.66. The Balaban J connectivity index is 0.00000180. The maximum atomic E-state index is 12.7. The Morgan fingerprint density at radius 2 is 2.21 bits per heavy atom. The largest absolute Gasteiger partial charge is 0.465 e. The molecule has 0 spiro atoms. The van der Waals surface area contributed by atoms with Crippen molar-refractivity contribution in [3.8, 4) is 0 Å². The number of aromatic nitrogens is 2.